The Morgan fingerprint density at radius 3 is 2.55 bits per heavy atom. The van der Waals surface area contributed by atoms with Crippen LogP contribution < -0.4 is 10.1 Å². The maximum Gasteiger partial charge on any atom is 0.267 e. The first-order chi connectivity index (χ1) is 16.0. The molecule has 0 aliphatic heterocycles. The largest absolute Gasteiger partial charge is 0.494 e. The van der Waals surface area contributed by atoms with Gasteiger partial charge in [-0.15, -0.1) is 0 Å². The molecular weight excluding hydrogens is 414 g/mol. The molecule has 3 aromatic rings. The van der Waals surface area contributed by atoms with Gasteiger partial charge in [0.05, 0.1) is 6.61 Å². The van der Waals surface area contributed by atoms with Crippen LogP contribution >= 0.6 is 0 Å². The number of carbonyl (C=O) groups is 2. The first-order valence-electron chi connectivity index (χ1n) is 11.4. The van der Waals surface area contributed by atoms with Crippen molar-refractivity contribution in [1.29, 1.82) is 0 Å². The Hall–Kier alpha value is -3.54. The molecule has 0 saturated carbocycles. The number of aryl methyl sites for hydroxylation is 1. The summed E-state index contributed by atoms with van der Waals surface area (Å²) < 4.78 is 7.49. The quantitative estimate of drug-likeness (QED) is 0.476. The fourth-order valence-corrected chi connectivity index (χ4v) is 3.77. The van der Waals surface area contributed by atoms with Gasteiger partial charge in [0, 0.05) is 38.4 Å². The number of ether oxygens (including phenoxy) is 1. The van der Waals surface area contributed by atoms with Crippen molar-refractivity contribution >= 4 is 11.8 Å². The van der Waals surface area contributed by atoms with Gasteiger partial charge in [0.2, 0.25) is 0 Å². The second-order valence-corrected chi connectivity index (χ2v) is 8.18. The molecule has 0 unspecified atom stereocenters. The number of aromatic nitrogens is 1. The van der Waals surface area contributed by atoms with Crippen LogP contribution in [0.1, 0.15) is 46.2 Å². The molecule has 0 saturated heterocycles. The van der Waals surface area contributed by atoms with E-state index in [4.69, 9.17) is 4.74 Å². The van der Waals surface area contributed by atoms with Crippen molar-refractivity contribution in [2.75, 3.05) is 20.2 Å². The number of hydrogen-bond donors (Lipinski definition) is 1. The molecule has 33 heavy (non-hydrogen) atoms. The van der Waals surface area contributed by atoms with Crippen molar-refractivity contribution in [3.05, 3.63) is 89.7 Å². The van der Waals surface area contributed by atoms with Crippen LogP contribution in [0.5, 0.6) is 5.75 Å². The van der Waals surface area contributed by atoms with Gasteiger partial charge in [-0.25, -0.2) is 0 Å². The van der Waals surface area contributed by atoms with Crippen LogP contribution in [0.4, 0.5) is 0 Å². The summed E-state index contributed by atoms with van der Waals surface area (Å²) in [5, 5.41) is 2.99. The number of hydrogen-bond acceptors (Lipinski definition) is 3. The second-order valence-electron chi connectivity index (χ2n) is 8.18. The smallest absolute Gasteiger partial charge is 0.267 e. The first-order valence-corrected chi connectivity index (χ1v) is 11.4. The summed E-state index contributed by atoms with van der Waals surface area (Å²) in [6, 6.07) is 21.0. The van der Waals surface area contributed by atoms with Crippen LogP contribution in [0.15, 0.2) is 72.9 Å². The molecule has 0 bridgehead atoms. The Labute approximate surface area is 196 Å². The zero-order chi connectivity index (χ0) is 23.6. The first kappa shape index (κ1) is 24.1. The third kappa shape index (κ3) is 6.72. The molecule has 6 heteroatoms. The topological polar surface area (TPSA) is 63.6 Å². The molecule has 174 valence electrons. The lowest BCUT2D eigenvalue weighted by Gasteiger charge is -2.29. The number of carbonyl (C=O) groups excluding carboxylic acids is 2. The summed E-state index contributed by atoms with van der Waals surface area (Å²) in [5.74, 6) is 0.521. The van der Waals surface area contributed by atoms with Gasteiger partial charge in [-0.05, 0) is 55.2 Å². The molecule has 0 aliphatic carbocycles. The molecule has 3 rings (SSSR count). The highest BCUT2D eigenvalue weighted by Gasteiger charge is 2.22. The van der Waals surface area contributed by atoms with Gasteiger partial charge >= 0.3 is 0 Å². The molecular formula is C27H33N3O3. The molecule has 1 aromatic heterocycles. The maximum atomic E-state index is 13.3. The summed E-state index contributed by atoms with van der Waals surface area (Å²) in [6.45, 7) is 3.14. The van der Waals surface area contributed by atoms with Crippen molar-refractivity contribution in [3.8, 4) is 5.75 Å². The lowest BCUT2D eigenvalue weighted by Crippen LogP contribution is -2.41. The van der Waals surface area contributed by atoms with E-state index in [-0.39, 0.29) is 17.9 Å². The van der Waals surface area contributed by atoms with Crippen molar-refractivity contribution in [3.63, 3.8) is 0 Å². The van der Waals surface area contributed by atoms with Gasteiger partial charge in [0.25, 0.3) is 11.8 Å². The van der Waals surface area contributed by atoms with E-state index in [2.05, 4.69) is 17.4 Å². The van der Waals surface area contributed by atoms with Gasteiger partial charge in [0.1, 0.15) is 11.4 Å². The average molecular weight is 448 g/mol. The molecule has 0 radical (unpaired) electrons. The minimum Gasteiger partial charge on any atom is -0.494 e. The summed E-state index contributed by atoms with van der Waals surface area (Å²) in [6.07, 6.45) is 4.10. The Bertz CT molecular complexity index is 1050. The molecule has 1 heterocycles. The Balaban J connectivity index is 1.70. The fourth-order valence-electron chi connectivity index (χ4n) is 3.77. The van der Waals surface area contributed by atoms with Gasteiger partial charge in [-0.3, -0.25) is 9.59 Å². The third-order valence-corrected chi connectivity index (χ3v) is 5.68. The lowest BCUT2D eigenvalue weighted by molar-refractivity contribution is 0.0722. The monoisotopic (exact) mass is 447 g/mol. The SMILES string of the molecule is CCCOc1cccc(C(=O)N(C)[C@H](CCNC(=O)c2cccn2C)Cc2ccccc2)c1. The number of likely N-dealkylation sites (N-methyl/N-ethyl adjacent to an activating group) is 1. The molecule has 2 amide bonds. The standard InChI is InChI=1S/C27H33N3O3/c1-4-18-33-24-13-8-12-22(20-24)27(32)30(3)23(19-21-10-6-5-7-11-21)15-16-28-26(31)25-14-9-17-29(25)2/h5-14,17,20,23H,4,15-16,18-19H2,1-3H3,(H,28,31)/t23-/m1/s1. The van der Waals surface area contributed by atoms with Crippen molar-refractivity contribution in [2.45, 2.75) is 32.2 Å². The van der Waals surface area contributed by atoms with E-state index in [0.717, 1.165) is 12.0 Å². The van der Waals surface area contributed by atoms with E-state index in [9.17, 15) is 9.59 Å². The number of nitrogens with zero attached hydrogens (tertiary/aromatic N) is 2. The number of nitrogens with one attached hydrogen (secondary N) is 1. The molecule has 0 fully saturated rings. The minimum absolute atomic E-state index is 0.0633. The van der Waals surface area contributed by atoms with Crippen molar-refractivity contribution < 1.29 is 14.3 Å². The van der Waals surface area contributed by atoms with Crippen LogP contribution in [0.25, 0.3) is 0 Å². The van der Waals surface area contributed by atoms with E-state index >= 15 is 0 Å². The molecule has 2 aromatic carbocycles. The summed E-state index contributed by atoms with van der Waals surface area (Å²) in [5.41, 5.74) is 2.36. The zero-order valence-corrected chi connectivity index (χ0v) is 19.7. The van der Waals surface area contributed by atoms with E-state index in [1.807, 2.05) is 69.7 Å². The zero-order valence-electron chi connectivity index (χ0n) is 19.7. The van der Waals surface area contributed by atoms with Gasteiger partial charge in [-0.1, -0.05) is 43.3 Å². The Kier molecular flexibility index (Phi) is 8.70. The second kappa shape index (κ2) is 11.9. The van der Waals surface area contributed by atoms with E-state index in [0.29, 0.717) is 43.0 Å². The number of benzene rings is 2. The normalized spacial score (nSPS) is 11.6. The van der Waals surface area contributed by atoms with E-state index in [1.165, 1.54) is 0 Å². The summed E-state index contributed by atoms with van der Waals surface area (Å²) in [4.78, 5) is 27.6. The lowest BCUT2D eigenvalue weighted by atomic mass is 10.0. The predicted molar refractivity (Wildman–Crippen MR) is 131 cm³/mol. The van der Waals surface area contributed by atoms with Crippen molar-refractivity contribution in [1.82, 2.24) is 14.8 Å². The average Bonchev–Trinajstić information content (AvgIpc) is 3.28. The highest BCUT2D eigenvalue weighted by atomic mass is 16.5. The molecule has 0 spiro atoms. The molecule has 1 N–H and O–H groups in total. The molecule has 1 atom stereocenters. The molecule has 0 aliphatic rings. The van der Waals surface area contributed by atoms with E-state index < -0.39 is 0 Å². The van der Waals surface area contributed by atoms with Gasteiger partial charge in [0.15, 0.2) is 0 Å². The minimum atomic E-state index is -0.115. The highest BCUT2D eigenvalue weighted by Crippen LogP contribution is 2.18. The predicted octanol–water partition coefficient (Wildman–Crippen LogP) is 4.32. The van der Waals surface area contributed by atoms with Crippen molar-refractivity contribution in [2.24, 2.45) is 7.05 Å². The van der Waals surface area contributed by atoms with Gasteiger partial charge in [-0.2, -0.15) is 0 Å². The highest BCUT2D eigenvalue weighted by molar-refractivity contribution is 5.94. The molecule has 6 nitrogen and oxygen atoms in total. The Morgan fingerprint density at radius 2 is 1.85 bits per heavy atom. The van der Waals surface area contributed by atoms with Crippen LogP contribution in [-0.2, 0) is 13.5 Å². The fraction of sp³-hybridized carbons (Fsp3) is 0.333. The van der Waals surface area contributed by atoms with Crippen LogP contribution in [0.3, 0.4) is 0 Å². The number of rotatable bonds is 11. The van der Waals surface area contributed by atoms with Gasteiger partial charge < -0.3 is 19.5 Å². The van der Waals surface area contributed by atoms with Crippen LogP contribution in [0, 0.1) is 0 Å². The third-order valence-electron chi connectivity index (χ3n) is 5.68. The summed E-state index contributed by atoms with van der Waals surface area (Å²) >= 11 is 0. The van der Waals surface area contributed by atoms with E-state index in [1.54, 1.807) is 21.6 Å². The number of amides is 2. The van der Waals surface area contributed by atoms with Crippen LogP contribution in [-0.4, -0.2) is 47.5 Å². The van der Waals surface area contributed by atoms with Crippen LogP contribution in [0.2, 0.25) is 0 Å². The maximum absolute atomic E-state index is 13.3. The summed E-state index contributed by atoms with van der Waals surface area (Å²) in [7, 11) is 3.67. The Morgan fingerprint density at radius 1 is 1.06 bits per heavy atom.